The van der Waals surface area contributed by atoms with E-state index in [9.17, 15) is 14.3 Å². The lowest BCUT2D eigenvalue weighted by atomic mass is 9.94. The molecule has 6 nitrogen and oxygen atoms in total. The maximum absolute atomic E-state index is 14.7. The minimum Gasteiger partial charge on any atom is -0.493 e. The van der Waals surface area contributed by atoms with Crippen molar-refractivity contribution in [2.75, 3.05) is 13.2 Å². The Kier molecular flexibility index (Phi) is 7.39. The summed E-state index contributed by atoms with van der Waals surface area (Å²) in [5.41, 5.74) is 6.67. The fourth-order valence-corrected chi connectivity index (χ4v) is 5.71. The van der Waals surface area contributed by atoms with Gasteiger partial charge >= 0.3 is 5.97 Å². The summed E-state index contributed by atoms with van der Waals surface area (Å²) in [5.74, 6) is 1.19. The zero-order valence-electron chi connectivity index (χ0n) is 22.3. The van der Waals surface area contributed by atoms with Gasteiger partial charge in [0.1, 0.15) is 18.2 Å². The normalized spacial score (nSPS) is 19.9. The van der Waals surface area contributed by atoms with Crippen molar-refractivity contribution in [3.8, 4) is 22.8 Å². The molecule has 1 saturated carbocycles. The van der Waals surface area contributed by atoms with Crippen LogP contribution in [-0.2, 0) is 22.6 Å². The molecule has 2 aliphatic carbocycles. The molecule has 1 N–H and O–H groups in total. The van der Waals surface area contributed by atoms with Crippen LogP contribution in [0.4, 0.5) is 4.39 Å². The Morgan fingerprint density at radius 3 is 2.63 bits per heavy atom. The standard InChI is InChI=1S/C31H34FNO5/c1-5-36-31(35)30-24-13-21-14-27(33-15-25(21)29(24)30)38-16-22-12-20(6-7-26(22)32)28-17(2)10-23(11-18(28)3)37-9-8-19(4)34/h6-7,10-12,14-15,19,24,29-30,34H,5,8-9,13,16H2,1-4H3/t19?,24-,29-,30+/m1/s1. The Balaban J connectivity index is 1.27. The predicted octanol–water partition coefficient (Wildman–Crippen LogP) is 5.68. The average Bonchev–Trinajstić information content (AvgIpc) is 3.45. The predicted molar refractivity (Wildman–Crippen MR) is 142 cm³/mol. The van der Waals surface area contributed by atoms with Crippen LogP contribution in [0.5, 0.6) is 11.6 Å². The lowest BCUT2D eigenvalue weighted by molar-refractivity contribution is -0.145. The van der Waals surface area contributed by atoms with Crippen molar-refractivity contribution in [3.63, 3.8) is 0 Å². The Labute approximate surface area is 222 Å². The van der Waals surface area contributed by atoms with Crippen molar-refractivity contribution in [2.24, 2.45) is 11.8 Å². The summed E-state index contributed by atoms with van der Waals surface area (Å²) in [6.45, 7) is 8.48. The number of ether oxygens (including phenoxy) is 3. The third-order valence-corrected chi connectivity index (χ3v) is 7.56. The van der Waals surface area contributed by atoms with Crippen LogP contribution < -0.4 is 9.47 Å². The van der Waals surface area contributed by atoms with E-state index in [4.69, 9.17) is 14.2 Å². The number of aliphatic hydroxyl groups is 1. The van der Waals surface area contributed by atoms with E-state index in [0.29, 0.717) is 31.1 Å². The van der Waals surface area contributed by atoms with Gasteiger partial charge in [-0.2, -0.15) is 0 Å². The topological polar surface area (TPSA) is 77.9 Å². The molecule has 0 aliphatic heterocycles. The molecule has 1 aromatic heterocycles. The molecule has 1 unspecified atom stereocenters. The summed E-state index contributed by atoms with van der Waals surface area (Å²) in [7, 11) is 0. The number of aryl methyl sites for hydroxylation is 2. The lowest BCUT2D eigenvalue weighted by Gasteiger charge is -2.16. The number of carbonyl (C=O) groups excluding carboxylic acids is 1. The maximum Gasteiger partial charge on any atom is 0.309 e. The Bertz CT molecular complexity index is 1330. The summed E-state index contributed by atoms with van der Waals surface area (Å²) in [6.07, 6.45) is 2.76. The van der Waals surface area contributed by atoms with Crippen LogP contribution in [0.1, 0.15) is 54.0 Å². The van der Waals surface area contributed by atoms with E-state index in [2.05, 4.69) is 4.98 Å². The summed E-state index contributed by atoms with van der Waals surface area (Å²) < 4.78 is 31.6. The number of esters is 1. The highest BCUT2D eigenvalue weighted by Gasteiger charge is 2.60. The molecule has 4 atom stereocenters. The number of fused-ring (bicyclic) bond motifs is 3. The second-order valence-corrected chi connectivity index (χ2v) is 10.4. The summed E-state index contributed by atoms with van der Waals surface area (Å²) in [5, 5.41) is 9.45. The quantitative estimate of drug-likeness (QED) is 0.347. The molecule has 0 saturated heterocycles. The van der Waals surface area contributed by atoms with Crippen molar-refractivity contribution in [2.45, 2.75) is 59.2 Å². The number of nitrogens with zero attached hydrogens (tertiary/aromatic N) is 1. The molecule has 2 aliphatic rings. The number of aliphatic hydroxyl groups excluding tert-OH is 1. The third-order valence-electron chi connectivity index (χ3n) is 7.56. The molecule has 0 spiro atoms. The van der Waals surface area contributed by atoms with Crippen molar-refractivity contribution < 1.29 is 28.5 Å². The summed E-state index contributed by atoms with van der Waals surface area (Å²) in [4.78, 5) is 16.6. The number of halogens is 1. The van der Waals surface area contributed by atoms with Crippen molar-refractivity contribution in [1.82, 2.24) is 4.98 Å². The van der Waals surface area contributed by atoms with Gasteiger partial charge in [0.2, 0.25) is 5.88 Å². The van der Waals surface area contributed by atoms with Gasteiger partial charge in [0.25, 0.3) is 0 Å². The van der Waals surface area contributed by atoms with E-state index in [1.807, 2.05) is 45.0 Å². The van der Waals surface area contributed by atoms with Crippen LogP contribution in [0, 0.1) is 31.5 Å². The molecule has 1 fully saturated rings. The van der Waals surface area contributed by atoms with E-state index in [0.717, 1.165) is 45.6 Å². The first-order valence-electron chi connectivity index (χ1n) is 13.3. The maximum atomic E-state index is 14.7. The largest absolute Gasteiger partial charge is 0.493 e. The summed E-state index contributed by atoms with van der Waals surface area (Å²) in [6, 6.07) is 10.9. The molecule has 2 aromatic carbocycles. The molecule has 38 heavy (non-hydrogen) atoms. The van der Waals surface area contributed by atoms with E-state index >= 15 is 0 Å². The number of hydrogen-bond acceptors (Lipinski definition) is 6. The van der Waals surface area contributed by atoms with Crippen LogP contribution in [-0.4, -0.2) is 35.4 Å². The third kappa shape index (κ3) is 5.25. The van der Waals surface area contributed by atoms with E-state index in [1.165, 1.54) is 6.07 Å². The highest BCUT2D eigenvalue weighted by molar-refractivity contribution is 5.79. The minimum absolute atomic E-state index is 0.0513. The first kappa shape index (κ1) is 26.2. The molecule has 3 aromatic rings. The smallest absolute Gasteiger partial charge is 0.309 e. The Morgan fingerprint density at radius 2 is 1.92 bits per heavy atom. The first-order valence-corrected chi connectivity index (χ1v) is 13.3. The monoisotopic (exact) mass is 519 g/mol. The van der Waals surface area contributed by atoms with Crippen LogP contribution >= 0.6 is 0 Å². The van der Waals surface area contributed by atoms with Gasteiger partial charge in [-0.05, 0) is 97.7 Å². The average molecular weight is 520 g/mol. The fourth-order valence-electron chi connectivity index (χ4n) is 5.71. The minimum atomic E-state index is -0.405. The summed E-state index contributed by atoms with van der Waals surface area (Å²) >= 11 is 0. The number of benzene rings is 2. The number of aromatic nitrogens is 1. The van der Waals surface area contributed by atoms with Gasteiger partial charge in [-0.25, -0.2) is 9.37 Å². The van der Waals surface area contributed by atoms with Crippen LogP contribution in [0.2, 0.25) is 0 Å². The van der Waals surface area contributed by atoms with E-state index < -0.39 is 6.10 Å². The number of carbonyl (C=O) groups is 1. The van der Waals surface area contributed by atoms with Gasteiger partial charge in [-0.1, -0.05) is 6.07 Å². The first-order chi connectivity index (χ1) is 18.3. The molecular weight excluding hydrogens is 485 g/mol. The number of pyridine rings is 1. The fraction of sp³-hybridized carbons (Fsp3) is 0.419. The Morgan fingerprint density at radius 1 is 1.16 bits per heavy atom. The van der Waals surface area contributed by atoms with Crippen molar-refractivity contribution >= 4 is 5.97 Å². The molecule has 0 amide bonds. The lowest BCUT2D eigenvalue weighted by Crippen LogP contribution is -2.11. The molecule has 0 bridgehead atoms. The molecule has 5 rings (SSSR count). The number of rotatable bonds is 10. The van der Waals surface area contributed by atoms with Crippen LogP contribution in [0.3, 0.4) is 0 Å². The zero-order valence-corrected chi connectivity index (χ0v) is 22.3. The SMILES string of the molecule is CCOC(=O)[C@H]1[C@@H]2Cc3cc(OCc4cc(-c5c(C)cc(OCCC(C)O)cc5C)ccc4F)ncc3[C@@H]21. The highest BCUT2D eigenvalue weighted by atomic mass is 19.1. The number of hydrogen-bond donors (Lipinski definition) is 1. The van der Waals surface area contributed by atoms with E-state index in [-0.39, 0.29) is 36.1 Å². The van der Waals surface area contributed by atoms with Crippen LogP contribution in [0.25, 0.3) is 11.1 Å². The van der Waals surface area contributed by atoms with Gasteiger partial charge < -0.3 is 19.3 Å². The van der Waals surface area contributed by atoms with Gasteiger partial charge in [-0.3, -0.25) is 4.79 Å². The second kappa shape index (κ2) is 10.7. The molecule has 7 heteroatoms. The van der Waals surface area contributed by atoms with Gasteiger partial charge in [0, 0.05) is 30.2 Å². The van der Waals surface area contributed by atoms with Crippen molar-refractivity contribution in [1.29, 1.82) is 0 Å². The molecular formula is C31H34FNO5. The molecule has 200 valence electrons. The Hall–Kier alpha value is -3.45. The van der Waals surface area contributed by atoms with Gasteiger partial charge in [-0.15, -0.1) is 0 Å². The van der Waals surface area contributed by atoms with Gasteiger partial charge in [0.05, 0.1) is 25.2 Å². The molecule has 1 heterocycles. The zero-order chi connectivity index (χ0) is 27.0. The van der Waals surface area contributed by atoms with E-state index in [1.54, 1.807) is 19.2 Å². The molecule has 0 radical (unpaired) electrons. The highest BCUT2D eigenvalue weighted by Crippen LogP contribution is 2.61. The second-order valence-electron chi connectivity index (χ2n) is 10.4. The van der Waals surface area contributed by atoms with Crippen LogP contribution in [0.15, 0.2) is 42.6 Å². The van der Waals surface area contributed by atoms with Crippen molar-refractivity contribution in [3.05, 3.63) is 76.2 Å². The van der Waals surface area contributed by atoms with Gasteiger partial charge in [0.15, 0.2) is 0 Å².